The van der Waals surface area contributed by atoms with E-state index in [4.69, 9.17) is 11.5 Å². The number of nitrogens with two attached hydrogens (primary N) is 2. The highest BCUT2D eigenvalue weighted by molar-refractivity contribution is 6.09. The normalized spacial score (nSPS) is 12.4. The van der Waals surface area contributed by atoms with Crippen LogP contribution in [-0.4, -0.2) is 24.9 Å². The third kappa shape index (κ3) is 9.25. The van der Waals surface area contributed by atoms with Crippen LogP contribution in [0.5, 0.6) is 0 Å². The molecule has 234 valence electrons. The first-order valence-corrected chi connectivity index (χ1v) is 15.5. The lowest BCUT2D eigenvalue weighted by Crippen LogP contribution is -2.18. The molecule has 0 aromatic heterocycles. The van der Waals surface area contributed by atoms with Gasteiger partial charge in [0.15, 0.2) is 0 Å². The number of hydrogen-bond donors (Lipinski definition) is 4. The van der Waals surface area contributed by atoms with Gasteiger partial charge in [0.25, 0.3) is 11.8 Å². The summed E-state index contributed by atoms with van der Waals surface area (Å²) in [6.45, 7) is 16.0. The summed E-state index contributed by atoms with van der Waals surface area (Å²) in [4.78, 5) is 27.1. The van der Waals surface area contributed by atoms with E-state index in [1.54, 1.807) is 24.3 Å². The summed E-state index contributed by atoms with van der Waals surface area (Å²) in [5.74, 6) is -0.565. The van der Waals surface area contributed by atoms with Gasteiger partial charge in [0.05, 0.1) is 0 Å². The molecule has 0 saturated heterocycles. The molecule has 2 amide bonds. The van der Waals surface area contributed by atoms with Crippen molar-refractivity contribution in [3.63, 3.8) is 0 Å². The Bertz CT molecular complexity index is 1520. The fraction of sp³-hybridized carbons (Fsp3) is 0.368. The molecule has 0 aliphatic carbocycles. The Hall–Kier alpha value is -4.00. The molecule has 0 radical (unpaired) electrons. The first-order valence-electron chi connectivity index (χ1n) is 15.5. The van der Waals surface area contributed by atoms with Crippen molar-refractivity contribution in [2.24, 2.45) is 11.5 Å². The van der Waals surface area contributed by atoms with Gasteiger partial charge in [-0.25, -0.2) is 0 Å². The molecule has 0 spiro atoms. The van der Waals surface area contributed by atoms with E-state index >= 15 is 0 Å². The average Bonchev–Trinajstić information content (AvgIpc) is 2.97. The van der Waals surface area contributed by atoms with E-state index in [1.165, 1.54) is 0 Å². The summed E-state index contributed by atoms with van der Waals surface area (Å²) < 4.78 is 0. The first kappa shape index (κ1) is 34.5. The third-order valence-electron chi connectivity index (χ3n) is 7.67. The number of allylic oxidation sites excluding steroid dienone is 2. The number of carbonyl (C=O) groups is 2. The molecular weight excluding hydrogens is 544 g/mol. The molecule has 0 unspecified atom stereocenters. The number of amides is 2. The largest absolute Gasteiger partial charge is 0.330 e. The average molecular weight is 595 g/mol. The van der Waals surface area contributed by atoms with E-state index in [0.717, 1.165) is 52.0 Å². The number of rotatable bonds is 11. The van der Waals surface area contributed by atoms with Crippen molar-refractivity contribution in [2.75, 3.05) is 23.7 Å². The zero-order valence-corrected chi connectivity index (χ0v) is 27.5. The Labute approximate surface area is 264 Å². The zero-order valence-electron chi connectivity index (χ0n) is 27.5. The maximum atomic E-state index is 13.6. The van der Waals surface area contributed by atoms with Crippen LogP contribution in [0.3, 0.4) is 0 Å². The first-order chi connectivity index (χ1) is 20.8. The van der Waals surface area contributed by atoms with Crippen molar-refractivity contribution in [1.82, 2.24) is 0 Å². The van der Waals surface area contributed by atoms with Crippen molar-refractivity contribution in [1.29, 1.82) is 0 Å². The Balaban J connectivity index is 1.92. The zero-order chi connectivity index (χ0) is 32.5. The van der Waals surface area contributed by atoms with Gasteiger partial charge < -0.3 is 22.1 Å². The molecule has 0 aliphatic heterocycles. The fourth-order valence-electron chi connectivity index (χ4n) is 4.90. The van der Waals surface area contributed by atoms with Gasteiger partial charge in [0.2, 0.25) is 0 Å². The molecule has 0 aliphatic rings. The molecule has 0 atom stereocenters. The number of benzene rings is 3. The number of nitrogens with one attached hydrogen (secondary N) is 2. The summed E-state index contributed by atoms with van der Waals surface area (Å²) in [7, 11) is 0. The highest BCUT2D eigenvalue weighted by Gasteiger charge is 2.20. The molecular formula is C38H50N4O2. The van der Waals surface area contributed by atoms with E-state index in [1.807, 2.05) is 37.3 Å². The predicted molar refractivity (Wildman–Crippen MR) is 187 cm³/mol. The van der Waals surface area contributed by atoms with Gasteiger partial charge in [0, 0.05) is 28.1 Å². The summed E-state index contributed by atoms with van der Waals surface area (Å²) in [6.07, 6.45) is 8.60. The van der Waals surface area contributed by atoms with E-state index < -0.39 is 0 Å². The Morgan fingerprint density at radius 3 is 1.86 bits per heavy atom. The van der Waals surface area contributed by atoms with Crippen LogP contribution in [-0.2, 0) is 10.8 Å². The van der Waals surface area contributed by atoms with Crippen LogP contribution in [0.15, 0.2) is 72.8 Å². The van der Waals surface area contributed by atoms with Gasteiger partial charge in [-0.2, -0.15) is 0 Å². The SMILES string of the molecule is C/C=C(\CCN)c1ccc(C(C)(C)C)cc1NC(=O)c1cccc(C(=O)Nc2cc(C(C)(C)C)ccc2/C=C/CCCN)c1. The minimum Gasteiger partial charge on any atom is -0.330 e. The van der Waals surface area contributed by atoms with Crippen LogP contribution in [0.1, 0.15) is 111 Å². The van der Waals surface area contributed by atoms with Crippen LogP contribution in [0, 0.1) is 0 Å². The third-order valence-corrected chi connectivity index (χ3v) is 7.67. The molecule has 3 aromatic rings. The van der Waals surface area contributed by atoms with Gasteiger partial charge in [-0.1, -0.05) is 90.1 Å². The fourth-order valence-corrected chi connectivity index (χ4v) is 4.90. The Morgan fingerprint density at radius 2 is 1.32 bits per heavy atom. The van der Waals surface area contributed by atoms with Crippen LogP contribution >= 0.6 is 0 Å². The summed E-state index contributed by atoms with van der Waals surface area (Å²) >= 11 is 0. The van der Waals surface area contributed by atoms with Crippen molar-refractivity contribution in [2.45, 2.75) is 78.6 Å². The molecule has 44 heavy (non-hydrogen) atoms. The van der Waals surface area contributed by atoms with E-state index in [9.17, 15) is 9.59 Å². The van der Waals surface area contributed by atoms with Gasteiger partial charge in [0.1, 0.15) is 0 Å². The second-order valence-electron chi connectivity index (χ2n) is 13.2. The maximum Gasteiger partial charge on any atom is 0.255 e. The number of carbonyl (C=O) groups excluding carboxylic acids is 2. The molecule has 0 saturated carbocycles. The maximum absolute atomic E-state index is 13.6. The minimum atomic E-state index is -0.284. The molecule has 3 aromatic carbocycles. The van der Waals surface area contributed by atoms with Crippen molar-refractivity contribution in [3.05, 3.63) is 106 Å². The topological polar surface area (TPSA) is 110 Å². The Kier molecular flexibility index (Phi) is 11.9. The highest BCUT2D eigenvalue weighted by Crippen LogP contribution is 2.33. The molecule has 6 N–H and O–H groups in total. The smallest absolute Gasteiger partial charge is 0.255 e. The van der Waals surface area contributed by atoms with Gasteiger partial charge in [-0.05, 0) is 103 Å². The van der Waals surface area contributed by atoms with Gasteiger partial charge in [-0.3, -0.25) is 9.59 Å². The number of anilines is 2. The van der Waals surface area contributed by atoms with Gasteiger partial charge >= 0.3 is 0 Å². The second-order valence-corrected chi connectivity index (χ2v) is 13.2. The van der Waals surface area contributed by atoms with Crippen molar-refractivity contribution >= 4 is 34.8 Å². The number of hydrogen-bond acceptors (Lipinski definition) is 4. The molecule has 6 nitrogen and oxygen atoms in total. The van der Waals surface area contributed by atoms with Crippen molar-refractivity contribution < 1.29 is 9.59 Å². The highest BCUT2D eigenvalue weighted by atomic mass is 16.2. The van der Waals surface area contributed by atoms with Crippen LogP contribution < -0.4 is 22.1 Å². The number of unbranched alkanes of at least 4 members (excludes halogenated alkanes) is 1. The van der Waals surface area contributed by atoms with E-state index in [2.05, 4.69) is 76.5 Å². The van der Waals surface area contributed by atoms with E-state index in [0.29, 0.717) is 30.6 Å². The molecule has 0 heterocycles. The lowest BCUT2D eigenvalue weighted by molar-refractivity contribution is 0.102. The predicted octanol–water partition coefficient (Wildman–Crippen LogP) is 8.29. The second kappa shape index (κ2) is 15.1. The van der Waals surface area contributed by atoms with Crippen LogP contribution in [0.2, 0.25) is 0 Å². The summed E-state index contributed by atoms with van der Waals surface area (Å²) in [5, 5.41) is 6.22. The van der Waals surface area contributed by atoms with Gasteiger partial charge in [-0.15, -0.1) is 0 Å². The molecule has 6 heteroatoms. The van der Waals surface area contributed by atoms with Crippen LogP contribution in [0.4, 0.5) is 11.4 Å². The summed E-state index contributed by atoms with van der Waals surface area (Å²) in [5.41, 5.74) is 18.8. The standard InChI is InChI=1S/C38H50N4O2/c1-8-26(20-22-40)32-19-18-31(38(5,6)7)25-34(32)42-36(44)29-15-12-14-28(23-29)35(43)41-33-24-30(37(2,3)4)17-16-27(33)13-10-9-11-21-39/h8,10,12-19,23-25H,9,11,20-22,39-40H2,1-7H3,(H,41,43)(H,42,44)/b13-10+,26-8+. The Morgan fingerprint density at radius 1 is 0.750 bits per heavy atom. The molecule has 3 rings (SSSR count). The molecule has 0 bridgehead atoms. The molecule has 0 fully saturated rings. The quantitative estimate of drug-likeness (QED) is 0.167. The lowest BCUT2D eigenvalue weighted by atomic mass is 9.85. The summed E-state index contributed by atoms with van der Waals surface area (Å²) in [6, 6.07) is 19.2. The lowest BCUT2D eigenvalue weighted by Gasteiger charge is -2.22. The van der Waals surface area contributed by atoms with E-state index in [-0.39, 0.29) is 22.6 Å². The minimum absolute atomic E-state index is 0.0839. The monoisotopic (exact) mass is 594 g/mol. The van der Waals surface area contributed by atoms with Crippen molar-refractivity contribution in [3.8, 4) is 0 Å². The van der Waals surface area contributed by atoms with Crippen LogP contribution in [0.25, 0.3) is 11.6 Å².